The minimum Gasteiger partial charge on any atom is -0.333 e. The Morgan fingerprint density at radius 2 is 2.06 bits per heavy atom. The molecule has 0 saturated carbocycles. The van der Waals surface area contributed by atoms with Gasteiger partial charge in [0, 0.05) is 36.9 Å². The molecule has 0 spiro atoms. The van der Waals surface area contributed by atoms with Crippen LogP contribution in [0.2, 0.25) is 25.7 Å². The van der Waals surface area contributed by atoms with Gasteiger partial charge < -0.3 is 4.57 Å². The molecule has 2 heterocycles. The van der Waals surface area contributed by atoms with Crippen LogP contribution in [0.25, 0.3) is 11.0 Å². The molecule has 2 aromatic heterocycles. The zero-order valence-electron chi connectivity index (χ0n) is 11.4. The average molecular weight is 325 g/mol. The molecule has 2 aromatic rings. The second-order valence-corrected chi connectivity index (χ2v) is 12.6. The number of aromatic nitrogens is 2. The van der Waals surface area contributed by atoms with Crippen molar-refractivity contribution in [2.45, 2.75) is 45.1 Å². The maximum atomic E-state index is 4.49. The molecule has 0 aliphatic rings. The molecule has 18 heavy (non-hydrogen) atoms. The van der Waals surface area contributed by atoms with Crippen LogP contribution in [-0.4, -0.2) is 17.6 Å². The molecule has 0 atom stereocenters. The highest BCUT2D eigenvalue weighted by Gasteiger charge is 2.11. The Kier molecular flexibility index (Phi) is 4.28. The average Bonchev–Trinajstić information content (AvgIpc) is 2.65. The Morgan fingerprint density at radius 1 is 1.28 bits per heavy atom. The summed E-state index contributed by atoms with van der Waals surface area (Å²) < 4.78 is 3.32. The zero-order chi connectivity index (χ0) is 13.2. The van der Waals surface area contributed by atoms with Crippen LogP contribution in [0.4, 0.5) is 0 Å². The minimum absolute atomic E-state index is 0.871. The van der Waals surface area contributed by atoms with Crippen molar-refractivity contribution in [3.63, 3.8) is 0 Å². The highest BCUT2D eigenvalue weighted by molar-refractivity contribution is 9.10. The van der Waals surface area contributed by atoms with Gasteiger partial charge in [-0.15, -0.1) is 0 Å². The van der Waals surface area contributed by atoms with Gasteiger partial charge in [-0.05, 0) is 34.5 Å². The number of pyridine rings is 1. The number of halogens is 1. The van der Waals surface area contributed by atoms with Gasteiger partial charge in [-0.2, -0.15) is 0 Å². The van der Waals surface area contributed by atoms with Crippen molar-refractivity contribution in [1.29, 1.82) is 0 Å². The molecule has 0 amide bonds. The van der Waals surface area contributed by atoms with E-state index in [0.29, 0.717) is 0 Å². The van der Waals surface area contributed by atoms with Crippen LogP contribution in [-0.2, 0) is 6.54 Å². The first-order valence-electron chi connectivity index (χ1n) is 6.56. The fourth-order valence-electron chi connectivity index (χ4n) is 2.17. The fourth-order valence-corrected chi connectivity index (χ4v) is 3.83. The van der Waals surface area contributed by atoms with E-state index >= 15 is 0 Å². The standard InChI is InChI=1S/C14H21BrN2Si/c1-18(2,3)9-5-4-7-17-8-6-12-10-13(15)11-16-14(12)17/h6,8,10-11H,4-5,7,9H2,1-3H3. The van der Waals surface area contributed by atoms with Gasteiger partial charge in [-0.1, -0.05) is 32.1 Å². The van der Waals surface area contributed by atoms with Crippen molar-refractivity contribution in [2.24, 2.45) is 0 Å². The second-order valence-electron chi connectivity index (χ2n) is 6.09. The normalized spacial score (nSPS) is 12.2. The van der Waals surface area contributed by atoms with Crippen molar-refractivity contribution >= 4 is 35.0 Å². The van der Waals surface area contributed by atoms with Crippen LogP contribution in [0.1, 0.15) is 12.8 Å². The first-order valence-corrected chi connectivity index (χ1v) is 11.1. The van der Waals surface area contributed by atoms with Crippen LogP contribution >= 0.6 is 15.9 Å². The number of fused-ring (bicyclic) bond motifs is 1. The van der Waals surface area contributed by atoms with Gasteiger partial charge >= 0.3 is 0 Å². The second kappa shape index (κ2) is 5.57. The Bertz CT molecular complexity index is 528. The van der Waals surface area contributed by atoms with Crippen molar-refractivity contribution in [2.75, 3.05) is 0 Å². The van der Waals surface area contributed by atoms with E-state index in [1.165, 1.54) is 24.3 Å². The fraction of sp³-hybridized carbons (Fsp3) is 0.500. The lowest BCUT2D eigenvalue weighted by atomic mass is 10.3. The quantitative estimate of drug-likeness (QED) is 0.564. The van der Waals surface area contributed by atoms with Gasteiger partial charge in [0.1, 0.15) is 5.65 Å². The predicted molar refractivity (Wildman–Crippen MR) is 84.8 cm³/mol. The summed E-state index contributed by atoms with van der Waals surface area (Å²) in [5.41, 5.74) is 1.10. The first-order chi connectivity index (χ1) is 8.46. The topological polar surface area (TPSA) is 17.8 Å². The molecule has 0 aliphatic heterocycles. The molecule has 0 saturated heterocycles. The molecule has 0 fully saturated rings. The molecular weight excluding hydrogens is 304 g/mol. The van der Waals surface area contributed by atoms with Gasteiger partial charge in [0.25, 0.3) is 0 Å². The highest BCUT2D eigenvalue weighted by atomic mass is 79.9. The summed E-state index contributed by atoms with van der Waals surface area (Å²) in [6, 6.07) is 5.69. The highest BCUT2D eigenvalue weighted by Crippen LogP contribution is 2.19. The van der Waals surface area contributed by atoms with Crippen molar-refractivity contribution in [3.05, 3.63) is 29.0 Å². The predicted octanol–water partition coefficient (Wildman–Crippen LogP) is 4.92. The van der Waals surface area contributed by atoms with Crippen LogP contribution < -0.4 is 0 Å². The SMILES string of the molecule is C[Si](C)(C)CCCCn1ccc2cc(Br)cnc21. The molecule has 0 N–H and O–H groups in total. The van der Waals surface area contributed by atoms with Crippen molar-refractivity contribution in [1.82, 2.24) is 9.55 Å². The summed E-state index contributed by atoms with van der Waals surface area (Å²) in [6.07, 6.45) is 6.62. The molecule has 0 bridgehead atoms. The molecule has 0 aliphatic carbocycles. The maximum Gasteiger partial charge on any atom is 0.139 e. The Hall–Kier alpha value is -0.613. The number of nitrogens with zero attached hydrogens (tertiary/aromatic N) is 2. The van der Waals surface area contributed by atoms with E-state index in [9.17, 15) is 0 Å². The number of aryl methyl sites for hydroxylation is 1. The Balaban J connectivity index is 1.96. The summed E-state index contributed by atoms with van der Waals surface area (Å²) in [5.74, 6) is 0. The van der Waals surface area contributed by atoms with Gasteiger partial charge in [-0.25, -0.2) is 4.98 Å². The molecule has 2 nitrogen and oxygen atoms in total. The summed E-state index contributed by atoms with van der Waals surface area (Å²) in [6.45, 7) is 8.41. The van der Waals surface area contributed by atoms with E-state index in [0.717, 1.165) is 16.7 Å². The smallest absolute Gasteiger partial charge is 0.139 e. The Labute approximate surface area is 119 Å². The maximum absolute atomic E-state index is 4.49. The summed E-state index contributed by atoms with van der Waals surface area (Å²) in [5, 5.41) is 1.22. The van der Waals surface area contributed by atoms with E-state index in [1.807, 2.05) is 6.20 Å². The number of hydrogen-bond acceptors (Lipinski definition) is 1. The third-order valence-corrected chi connectivity index (χ3v) is 5.43. The number of hydrogen-bond donors (Lipinski definition) is 0. The van der Waals surface area contributed by atoms with E-state index in [2.05, 4.69) is 63.5 Å². The van der Waals surface area contributed by atoms with Crippen LogP contribution in [0.5, 0.6) is 0 Å². The van der Waals surface area contributed by atoms with Crippen LogP contribution in [0.15, 0.2) is 29.0 Å². The van der Waals surface area contributed by atoms with Gasteiger partial charge in [0.2, 0.25) is 0 Å². The van der Waals surface area contributed by atoms with E-state index in [4.69, 9.17) is 0 Å². The number of rotatable bonds is 5. The molecule has 98 valence electrons. The molecule has 0 unspecified atom stereocenters. The number of unbranched alkanes of at least 4 members (excludes halogenated alkanes) is 1. The van der Waals surface area contributed by atoms with Crippen molar-refractivity contribution in [3.8, 4) is 0 Å². The molecule has 0 aromatic carbocycles. The summed E-state index contributed by atoms with van der Waals surface area (Å²) in [7, 11) is -0.871. The summed E-state index contributed by atoms with van der Waals surface area (Å²) in [4.78, 5) is 4.49. The van der Waals surface area contributed by atoms with E-state index < -0.39 is 8.07 Å². The first kappa shape index (κ1) is 13.8. The lowest BCUT2D eigenvalue weighted by Gasteiger charge is -2.15. The third-order valence-electron chi connectivity index (χ3n) is 3.14. The lowest BCUT2D eigenvalue weighted by Crippen LogP contribution is -2.18. The van der Waals surface area contributed by atoms with Crippen LogP contribution in [0, 0.1) is 0 Å². The van der Waals surface area contributed by atoms with Gasteiger partial charge in [-0.3, -0.25) is 0 Å². The van der Waals surface area contributed by atoms with Crippen molar-refractivity contribution < 1.29 is 0 Å². The zero-order valence-corrected chi connectivity index (χ0v) is 14.0. The molecular formula is C14H21BrN2Si. The Morgan fingerprint density at radius 3 is 2.78 bits per heavy atom. The van der Waals surface area contributed by atoms with E-state index in [1.54, 1.807) is 0 Å². The third kappa shape index (κ3) is 3.69. The molecule has 0 radical (unpaired) electrons. The molecule has 4 heteroatoms. The monoisotopic (exact) mass is 324 g/mol. The largest absolute Gasteiger partial charge is 0.333 e. The van der Waals surface area contributed by atoms with Crippen LogP contribution in [0.3, 0.4) is 0 Å². The lowest BCUT2D eigenvalue weighted by molar-refractivity contribution is 0.642. The summed E-state index contributed by atoms with van der Waals surface area (Å²) >= 11 is 3.46. The van der Waals surface area contributed by atoms with E-state index in [-0.39, 0.29) is 0 Å². The minimum atomic E-state index is -0.871. The molecule has 2 rings (SSSR count). The van der Waals surface area contributed by atoms with Gasteiger partial charge in [0.15, 0.2) is 0 Å². The van der Waals surface area contributed by atoms with Gasteiger partial charge in [0.05, 0.1) is 0 Å².